The third-order valence-electron chi connectivity index (χ3n) is 1.81. The summed E-state index contributed by atoms with van der Waals surface area (Å²) >= 11 is 0. The second kappa shape index (κ2) is 5.90. The monoisotopic (exact) mass is 204 g/mol. The minimum absolute atomic E-state index is 0.0603. The van der Waals surface area contributed by atoms with Crippen molar-refractivity contribution in [1.82, 2.24) is 0 Å². The molecule has 4 nitrogen and oxygen atoms in total. The first-order valence-corrected chi connectivity index (χ1v) is 6.58. The Morgan fingerprint density at radius 1 is 1.62 bits per heavy atom. The van der Waals surface area contributed by atoms with E-state index in [1.807, 2.05) is 13.5 Å². The minimum atomic E-state index is -2.09. The standard InChI is InChI=1S/C8H16O4Si/c1-5-8(9)11-7-12-13(4,6-2)10-3/h5H,1,6-7H2,2-4H3. The van der Waals surface area contributed by atoms with Gasteiger partial charge in [-0.05, 0) is 12.6 Å². The van der Waals surface area contributed by atoms with Crippen molar-refractivity contribution in [3.8, 4) is 0 Å². The number of hydrogen-bond donors (Lipinski definition) is 0. The number of hydrogen-bond acceptors (Lipinski definition) is 4. The first kappa shape index (κ1) is 12.3. The first-order chi connectivity index (χ1) is 6.08. The van der Waals surface area contributed by atoms with Crippen LogP contribution in [0.2, 0.25) is 12.6 Å². The van der Waals surface area contributed by atoms with Crippen molar-refractivity contribution in [2.24, 2.45) is 0 Å². The summed E-state index contributed by atoms with van der Waals surface area (Å²) in [6.45, 7) is 7.09. The fourth-order valence-corrected chi connectivity index (χ4v) is 1.50. The molecular weight excluding hydrogens is 188 g/mol. The summed E-state index contributed by atoms with van der Waals surface area (Å²) in [4.78, 5) is 10.6. The van der Waals surface area contributed by atoms with Gasteiger partial charge in [-0.2, -0.15) is 0 Å². The SMILES string of the molecule is C=CC(=O)OCO[Si](C)(CC)OC. The molecule has 0 radical (unpaired) electrons. The molecule has 0 heterocycles. The maximum atomic E-state index is 10.6. The Morgan fingerprint density at radius 3 is 2.62 bits per heavy atom. The van der Waals surface area contributed by atoms with Crippen LogP contribution in [0.15, 0.2) is 12.7 Å². The van der Waals surface area contributed by atoms with Gasteiger partial charge >= 0.3 is 14.5 Å². The second-order valence-corrected chi connectivity index (χ2v) is 6.29. The maximum absolute atomic E-state index is 10.6. The van der Waals surface area contributed by atoms with E-state index in [-0.39, 0.29) is 6.79 Å². The topological polar surface area (TPSA) is 44.8 Å². The van der Waals surface area contributed by atoms with Crippen LogP contribution in [-0.4, -0.2) is 28.4 Å². The van der Waals surface area contributed by atoms with Crippen molar-refractivity contribution in [2.75, 3.05) is 13.9 Å². The normalized spacial score (nSPS) is 14.7. The second-order valence-electron chi connectivity index (χ2n) is 2.62. The Labute approximate surface area is 79.7 Å². The van der Waals surface area contributed by atoms with Crippen LogP contribution >= 0.6 is 0 Å². The van der Waals surface area contributed by atoms with E-state index in [0.29, 0.717) is 0 Å². The van der Waals surface area contributed by atoms with Crippen LogP contribution in [0.1, 0.15) is 6.92 Å². The molecule has 0 bridgehead atoms. The van der Waals surface area contributed by atoms with Gasteiger partial charge in [0.15, 0.2) is 6.79 Å². The number of rotatable bonds is 6. The summed E-state index contributed by atoms with van der Waals surface area (Å²) in [5, 5.41) is 0. The van der Waals surface area contributed by atoms with Gasteiger partial charge in [-0.3, -0.25) is 0 Å². The molecule has 0 aliphatic carbocycles. The van der Waals surface area contributed by atoms with Crippen LogP contribution in [0, 0.1) is 0 Å². The lowest BCUT2D eigenvalue weighted by Crippen LogP contribution is -2.37. The summed E-state index contributed by atoms with van der Waals surface area (Å²) in [7, 11) is -0.486. The quantitative estimate of drug-likeness (QED) is 0.284. The van der Waals surface area contributed by atoms with Crippen LogP contribution in [0.4, 0.5) is 0 Å². The Hall–Kier alpha value is -0.653. The average Bonchev–Trinajstić information content (AvgIpc) is 2.17. The predicted octanol–water partition coefficient (Wildman–Crippen LogP) is 1.43. The molecular formula is C8H16O4Si. The maximum Gasteiger partial charge on any atom is 0.336 e. The van der Waals surface area contributed by atoms with Crippen molar-refractivity contribution in [3.05, 3.63) is 12.7 Å². The lowest BCUT2D eigenvalue weighted by atomic mass is 10.7. The minimum Gasteiger partial charge on any atom is -0.436 e. The van der Waals surface area contributed by atoms with E-state index in [2.05, 4.69) is 11.3 Å². The number of carbonyl (C=O) groups excluding carboxylic acids is 1. The van der Waals surface area contributed by atoms with Crippen LogP contribution in [0.5, 0.6) is 0 Å². The van der Waals surface area contributed by atoms with E-state index >= 15 is 0 Å². The van der Waals surface area contributed by atoms with E-state index in [1.54, 1.807) is 7.11 Å². The molecule has 1 unspecified atom stereocenters. The van der Waals surface area contributed by atoms with Gasteiger partial charge in [0.2, 0.25) is 0 Å². The van der Waals surface area contributed by atoms with E-state index in [0.717, 1.165) is 12.1 Å². The van der Waals surface area contributed by atoms with Crippen LogP contribution in [0.25, 0.3) is 0 Å². The summed E-state index contributed by atoms with van der Waals surface area (Å²) in [6, 6.07) is 0.815. The van der Waals surface area contributed by atoms with Gasteiger partial charge in [0.05, 0.1) is 0 Å². The Bertz CT molecular complexity index is 177. The molecule has 0 aromatic carbocycles. The number of carbonyl (C=O) groups is 1. The molecule has 0 amide bonds. The fraction of sp³-hybridized carbons (Fsp3) is 0.625. The summed E-state index contributed by atoms with van der Waals surface area (Å²) in [6.07, 6.45) is 1.10. The lowest BCUT2D eigenvalue weighted by molar-refractivity contribution is -0.145. The molecule has 0 saturated carbocycles. The molecule has 0 fully saturated rings. The highest BCUT2D eigenvalue weighted by Gasteiger charge is 2.27. The third kappa shape index (κ3) is 4.82. The molecule has 0 rings (SSSR count). The molecule has 76 valence electrons. The first-order valence-electron chi connectivity index (χ1n) is 4.06. The molecule has 1 atom stereocenters. The zero-order valence-corrected chi connectivity index (χ0v) is 9.33. The molecule has 0 aliphatic rings. The van der Waals surface area contributed by atoms with Gasteiger partial charge in [-0.15, -0.1) is 0 Å². The van der Waals surface area contributed by atoms with Gasteiger partial charge in [-0.25, -0.2) is 4.79 Å². The Balaban J connectivity index is 3.73. The largest absolute Gasteiger partial charge is 0.436 e. The average molecular weight is 204 g/mol. The molecule has 0 N–H and O–H groups in total. The highest BCUT2D eigenvalue weighted by Crippen LogP contribution is 2.10. The number of esters is 1. The summed E-state index contributed by atoms with van der Waals surface area (Å²) in [5.74, 6) is -0.483. The van der Waals surface area contributed by atoms with Gasteiger partial charge < -0.3 is 13.6 Å². The van der Waals surface area contributed by atoms with E-state index in [1.165, 1.54) is 0 Å². The van der Waals surface area contributed by atoms with Gasteiger partial charge in [0, 0.05) is 13.2 Å². The zero-order chi connectivity index (χ0) is 10.3. The lowest BCUT2D eigenvalue weighted by Gasteiger charge is -2.22. The molecule has 0 aliphatic heterocycles. The molecule has 5 heteroatoms. The highest BCUT2D eigenvalue weighted by atomic mass is 28.4. The van der Waals surface area contributed by atoms with Crippen molar-refractivity contribution in [1.29, 1.82) is 0 Å². The van der Waals surface area contributed by atoms with E-state index in [9.17, 15) is 4.79 Å². The third-order valence-corrected chi connectivity index (χ3v) is 4.68. The fourth-order valence-electron chi connectivity index (χ4n) is 0.576. The Morgan fingerprint density at radius 2 is 2.23 bits per heavy atom. The van der Waals surface area contributed by atoms with Crippen molar-refractivity contribution >= 4 is 14.5 Å². The van der Waals surface area contributed by atoms with Crippen LogP contribution in [-0.2, 0) is 18.4 Å². The van der Waals surface area contributed by atoms with Gasteiger partial charge in [-0.1, -0.05) is 13.5 Å². The van der Waals surface area contributed by atoms with Crippen LogP contribution in [0.3, 0.4) is 0 Å². The van der Waals surface area contributed by atoms with E-state index < -0.39 is 14.5 Å². The van der Waals surface area contributed by atoms with Crippen molar-refractivity contribution in [2.45, 2.75) is 19.5 Å². The smallest absolute Gasteiger partial charge is 0.336 e. The predicted molar refractivity (Wildman–Crippen MR) is 51.3 cm³/mol. The molecule has 0 aromatic rings. The van der Waals surface area contributed by atoms with Crippen LogP contribution < -0.4 is 0 Å². The zero-order valence-electron chi connectivity index (χ0n) is 8.33. The highest BCUT2D eigenvalue weighted by molar-refractivity contribution is 6.65. The Kier molecular flexibility index (Phi) is 5.61. The molecule has 0 aromatic heterocycles. The molecule has 13 heavy (non-hydrogen) atoms. The molecule has 0 saturated heterocycles. The van der Waals surface area contributed by atoms with Gasteiger partial charge in [0.25, 0.3) is 0 Å². The van der Waals surface area contributed by atoms with Gasteiger partial charge in [0.1, 0.15) is 0 Å². The summed E-state index contributed by atoms with van der Waals surface area (Å²) < 4.78 is 15.2. The summed E-state index contributed by atoms with van der Waals surface area (Å²) in [5.41, 5.74) is 0. The van der Waals surface area contributed by atoms with Crippen molar-refractivity contribution < 1.29 is 18.4 Å². The molecule has 0 spiro atoms. The number of ether oxygens (including phenoxy) is 1. The van der Waals surface area contributed by atoms with E-state index in [4.69, 9.17) is 8.85 Å². The van der Waals surface area contributed by atoms with Crippen molar-refractivity contribution in [3.63, 3.8) is 0 Å².